The number of hydrogen-bond donors (Lipinski definition) is 1. The van der Waals surface area contributed by atoms with Crippen molar-refractivity contribution < 1.29 is 14.0 Å². The molecule has 1 fully saturated rings. The van der Waals surface area contributed by atoms with Gasteiger partial charge in [0.25, 0.3) is 5.91 Å². The minimum atomic E-state index is -0.371. The fraction of sp³-hybridized carbons (Fsp3) is 0.192. The second-order valence-corrected chi connectivity index (χ2v) is 8.17. The van der Waals surface area contributed by atoms with Crippen LogP contribution in [-0.2, 0) is 4.79 Å². The zero-order valence-electron chi connectivity index (χ0n) is 17.9. The Bertz CT molecular complexity index is 1290. The number of aromatic nitrogens is 2. The number of rotatable bonds is 4. The van der Waals surface area contributed by atoms with E-state index in [9.17, 15) is 14.0 Å². The molecule has 4 aromatic rings. The van der Waals surface area contributed by atoms with Gasteiger partial charge in [0.1, 0.15) is 23.0 Å². The minimum Gasteiger partial charge on any atom is -0.339 e. The third kappa shape index (κ3) is 4.22. The summed E-state index contributed by atoms with van der Waals surface area (Å²) in [5.74, 6) is -0.148. The number of halogens is 1. The molecule has 166 valence electrons. The molecule has 7 heteroatoms. The number of pyridine rings is 1. The van der Waals surface area contributed by atoms with E-state index in [4.69, 9.17) is 4.98 Å². The molecule has 0 atom stereocenters. The number of anilines is 1. The number of imidazole rings is 1. The quantitative estimate of drug-likeness (QED) is 0.501. The van der Waals surface area contributed by atoms with E-state index in [1.54, 1.807) is 4.90 Å². The average molecular weight is 442 g/mol. The number of carbonyl (C=O) groups excluding carboxylic acids is 2. The first-order valence-corrected chi connectivity index (χ1v) is 11.0. The van der Waals surface area contributed by atoms with Crippen molar-refractivity contribution in [3.8, 4) is 11.3 Å². The Hall–Kier alpha value is -4.00. The van der Waals surface area contributed by atoms with Crippen LogP contribution in [0.2, 0.25) is 0 Å². The number of amides is 2. The maximum absolute atomic E-state index is 13.2. The van der Waals surface area contributed by atoms with Crippen molar-refractivity contribution in [1.82, 2.24) is 14.3 Å². The first kappa shape index (κ1) is 20.9. The Morgan fingerprint density at radius 3 is 2.33 bits per heavy atom. The van der Waals surface area contributed by atoms with Crippen LogP contribution >= 0.6 is 0 Å². The molecule has 3 heterocycles. The van der Waals surface area contributed by atoms with Crippen LogP contribution in [0.1, 0.15) is 23.2 Å². The topological polar surface area (TPSA) is 66.7 Å². The van der Waals surface area contributed by atoms with E-state index in [0.717, 1.165) is 16.9 Å². The SMILES string of the molecule is O=C(Nc1c(-c2ccccc2)nc2ccccn12)C1CCN(C(=O)c2ccc(F)cc2)CC1. The molecule has 2 aromatic carbocycles. The smallest absolute Gasteiger partial charge is 0.253 e. The highest BCUT2D eigenvalue weighted by Gasteiger charge is 2.29. The van der Waals surface area contributed by atoms with Gasteiger partial charge in [-0.05, 0) is 49.2 Å². The van der Waals surface area contributed by atoms with Crippen LogP contribution in [0.5, 0.6) is 0 Å². The normalized spacial score (nSPS) is 14.4. The Kier molecular flexibility index (Phi) is 5.60. The number of piperidine rings is 1. The number of nitrogens with zero attached hydrogens (tertiary/aromatic N) is 3. The summed E-state index contributed by atoms with van der Waals surface area (Å²) in [6, 6.07) is 21.0. The standard InChI is InChI=1S/C26H23FN4O2/c27-21-11-9-20(10-12-21)26(33)30-16-13-19(14-17-30)25(32)29-24-23(18-6-2-1-3-7-18)28-22-8-4-5-15-31(22)24/h1-12,15,19H,13-14,16-17H2,(H,29,32). The summed E-state index contributed by atoms with van der Waals surface area (Å²) >= 11 is 0. The highest BCUT2D eigenvalue weighted by atomic mass is 19.1. The molecule has 1 N–H and O–H groups in total. The summed E-state index contributed by atoms with van der Waals surface area (Å²) in [4.78, 5) is 32.3. The second kappa shape index (κ2) is 8.86. The molecular formula is C26H23FN4O2. The molecule has 1 aliphatic heterocycles. The number of likely N-dealkylation sites (tertiary alicyclic amines) is 1. The Labute approximate surface area is 190 Å². The predicted molar refractivity (Wildman–Crippen MR) is 124 cm³/mol. The molecule has 33 heavy (non-hydrogen) atoms. The summed E-state index contributed by atoms with van der Waals surface area (Å²) < 4.78 is 15.0. The van der Waals surface area contributed by atoms with Gasteiger partial charge in [0.15, 0.2) is 0 Å². The molecule has 2 amide bonds. The number of hydrogen-bond acceptors (Lipinski definition) is 3. The van der Waals surface area contributed by atoms with E-state index in [1.165, 1.54) is 24.3 Å². The average Bonchev–Trinajstić information content (AvgIpc) is 3.23. The molecule has 0 unspecified atom stereocenters. The zero-order chi connectivity index (χ0) is 22.8. The largest absolute Gasteiger partial charge is 0.339 e. The molecule has 6 nitrogen and oxygen atoms in total. The zero-order valence-corrected chi connectivity index (χ0v) is 17.9. The molecule has 0 saturated carbocycles. The molecule has 0 aliphatic carbocycles. The number of fused-ring (bicyclic) bond motifs is 1. The summed E-state index contributed by atoms with van der Waals surface area (Å²) in [6.45, 7) is 0.958. The Balaban J connectivity index is 1.31. The van der Waals surface area contributed by atoms with Crippen molar-refractivity contribution in [3.63, 3.8) is 0 Å². The van der Waals surface area contributed by atoms with E-state index in [0.29, 0.717) is 37.3 Å². The lowest BCUT2D eigenvalue weighted by Crippen LogP contribution is -2.41. The van der Waals surface area contributed by atoms with E-state index >= 15 is 0 Å². The number of carbonyl (C=O) groups is 2. The van der Waals surface area contributed by atoms with Crippen molar-refractivity contribution >= 4 is 23.3 Å². The maximum Gasteiger partial charge on any atom is 0.253 e. The van der Waals surface area contributed by atoms with Gasteiger partial charge < -0.3 is 10.2 Å². The Morgan fingerprint density at radius 2 is 1.61 bits per heavy atom. The molecular weight excluding hydrogens is 419 g/mol. The lowest BCUT2D eigenvalue weighted by atomic mass is 9.95. The molecule has 0 radical (unpaired) electrons. The van der Waals surface area contributed by atoms with Crippen molar-refractivity contribution in [2.75, 3.05) is 18.4 Å². The summed E-state index contributed by atoms with van der Waals surface area (Å²) in [5.41, 5.74) is 2.86. The van der Waals surface area contributed by atoms with Crippen LogP contribution < -0.4 is 5.32 Å². The van der Waals surface area contributed by atoms with E-state index in [-0.39, 0.29) is 23.5 Å². The highest BCUT2D eigenvalue weighted by Crippen LogP contribution is 2.30. The first-order chi connectivity index (χ1) is 16.1. The molecule has 1 saturated heterocycles. The molecule has 5 rings (SSSR count). The lowest BCUT2D eigenvalue weighted by molar-refractivity contribution is -0.121. The van der Waals surface area contributed by atoms with Crippen LogP contribution in [-0.4, -0.2) is 39.2 Å². The number of benzene rings is 2. The van der Waals surface area contributed by atoms with E-state index < -0.39 is 0 Å². The monoisotopic (exact) mass is 442 g/mol. The van der Waals surface area contributed by atoms with Gasteiger partial charge in [-0.25, -0.2) is 9.37 Å². The summed E-state index contributed by atoms with van der Waals surface area (Å²) in [5, 5.41) is 3.10. The fourth-order valence-electron chi connectivity index (χ4n) is 4.25. The summed E-state index contributed by atoms with van der Waals surface area (Å²) in [6.07, 6.45) is 3.01. The van der Waals surface area contributed by atoms with E-state index in [2.05, 4.69) is 5.32 Å². The van der Waals surface area contributed by atoms with Crippen LogP contribution in [0.25, 0.3) is 16.9 Å². The van der Waals surface area contributed by atoms with Gasteiger partial charge >= 0.3 is 0 Å². The molecule has 1 aliphatic rings. The van der Waals surface area contributed by atoms with Gasteiger partial charge in [-0.3, -0.25) is 14.0 Å². The predicted octanol–water partition coefficient (Wildman–Crippen LogP) is 4.63. The minimum absolute atomic E-state index is 0.0771. The van der Waals surface area contributed by atoms with Gasteiger partial charge in [-0.15, -0.1) is 0 Å². The van der Waals surface area contributed by atoms with E-state index in [1.807, 2.05) is 59.1 Å². The third-order valence-corrected chi connectivity index (χ3v) is 6.06. The third-order valence-electron chi connectivity index (χ3n) is 6.06. The van der Waals surface area contributed by atoms with Gasteiger partial charge in [0.2, 0.25) is 5.91 Å². The van der Waals surface area contributed by atoms with Crippen molar-refractivity contribution in [2.45, 2.75) is 12.8 Å². The van der Waals surface area contributed by atoms with Gasteiger partial charge in [0, 0.05) is 36.3 Å². The van der Waals surface area contributed by atoms with Gasteiger partial charge in [0.05, 0.1) is 0 Å². The van der Waals surface area contributed by atoms with Gasteiger partial charge in [-0.2, -0.15) is 0 Å². The second-order valence-electron chi connectivity index (χ2n) is 8.17. The molecule has 0 bridgehead atoms. The highest BCUT2D eigenvalue weighted by molar-refractivity contribution is 5.97. The van der Waals surface area contributed by atoms with Crippen molar-refractivity contribution in [1.29, 1.82) is 0 Å². The Morgan fingerprint density at radius 1 is 0.909 bits per heavy atom. The van der Waals surface area contributed by atoms with Crippen LogP contribution in [0.4, 0.5) is 10.2 Å². The summed E-state index contributed by atoms with van der Waals surface area (Å²) in [7, 11) is 0. The first-order valence-electron chi connectivity index (χ1n) is 11.0. The maximum atomic E-state index is 13.2. The molecule has 2 aromatic heterocycles. The van der Waals surface area contributed by atoms with Crippen LogP contribution in [0, 0.1) is 11.7 Å². The fourth-order valence-corrected chi connectivity index (χ4v) is 4.25. The van der Waals surface area contributed by atoms with Crippen LogP contribution in [0.15, 0.2) is 79.0 Å². The van der Waals surface area contributed by atoms with Crippen molar-refractivity contribution in [3.05, 3.63) is 90.4 Å². The molecule has 0 spiro atoms. The van der Waals surface area contributed by atoms with Crippen molar-refractivity contribution in [2.24, 2.45) is 5.92 Å². The lowest BCUT2D eigenvalue weighted by Gasteiger charge is -2.31. The van der Waals surface area contributed by atoms with Crippen LogP contribution in [0.3, 0.4) is 0 Å². The number of nitrogens with one attached hydrogen (secondary N) is 1. The van der Waals surface area contributed by atoms with Gasteiger partial charge in [-0.1, -0.05) is 36.4 Å².